The highest BCUT2D eigenvalue weighted by Crippen LogP contribution is 2.38. The molecule has 12 heteroatoms. The number of hydrogen-bond acceptors (Lipinski definition) is 6. The molecule has 41 heavy (non-hydrogen) atoms. The number of aromatic carboxylic acids is 1. The molecule has 1 atom stereocenters. The van der Waals surface area contributed by atoms with Gasteiger partial charge < -0.3 is 23.9 Å². The molecule has 1 unspecified atom stereocenters. The zero-order valence-corrected chi connectivity index (χ0v) is 23.3. The van der Waals surface area contributed by atoms with Crippen LogP contribution < -0.4 is 15.0 Å². The topological polar surface area (TPSA) is 104 Å². The van der Waals surface area contributed by atoms with E-state index >= 15 is 0 Å². The fraction of sp³-hybridized carbons (Fsp3) is 0.345. The Bertz CT molecular complexity index is 1440. The molecule has 220 valence electrons. The predicted octanol–water partition coefficient (Wildman–Crippen LogP) is 5.98. The lowest BCUT2D eigenvalue weighted by molar-refractivity contribution is -0.153. The van der Waals surface area contributed by atoms with Crippen LogP contribution in [0.5, 0.6) is 11.5 Å². The van der Waals surface area contributed by atoms with Crippen molar-refractivity contribution in [1.82, 2.24) is 4.57 Å². The van der Waals surface area contributed by atoms with Gasteiger partial charge in [0.15, 0.2) is 12.4 Å². The molecule has 1 N–H and O–H groups in total. The van der Waals surface area contributed by atoms with Crippen LogP contribution in [-0.2, 0) is 16.0 Å². The van der Waals surface area contributed by atoms with Crippen molar-refractivity contribution in [3.05, 3.63) is 81.2 Å². The van der Waals surface area contributed by atoms with E-state index in [0.717, 1.165) is 6.07 Å². The van der Waals surface area contributed by atoms with E-state index in [2.05, 4.69) is 0 Å². The first kappa shape index (κ1) is 31.7. The maximum Gasteiger partial charge on any atom is 0.422 e. The molecule has 0 amide bonds. The van der Waals surface area contributed by atoms with Gasteiger partial charge in [0.05, 0.1) is 31.0 Å². The first-order chi connectivity index (χ1) is 19.3. The standard InChI is InChI=1S/C29H29ClF3NO7/c1-17(2)40-11-10-23(24(35)12-18-4-6-19(7-5-18)28(37)38)34-15-26(39-3)22(14-27(34)36)21-13-20(30)8-9-25(21)41-16-29(31,32)33/h4-9,13-15,17,23H,10-12,16H2,1-3H3,(H,37,38). The number of rotatable bonds is 13. The van der Waals surface area contributed by atoms with E-state index in [0.29, 0.717) is 5.56 Å². The van der Waals surface area contributed by atoms with Gasteiger partial charge in [0.1, 0.15) is 11.5 Å². The summed E-state index contributed by atoms with van der Waals surface area (Å²) in [5.41, 5.74) is 0.234. The molecule has 1 aromatic heterocycles. The molecule has 0 aliphatic rings. The van der Waals surface area contributed by atoms with E-state index in [1.165, 1.54) is 60.3 Å². The number of nitrogens with zero attached hydrogens (tertiary/aromatic N) is 1. The van der Waals surface area contributed by atoms with Gasteiger partial charge >= 0.3 is 12.1 Å². The van der Waals surface area contributed by atoms with Gasteiger partial charge in [0, 0.05) is 35.2 Å². The minimum Gasteiger partial charge on any atom is -0.495 e. The number of ketones is 1. The Kier molecular flexibility index (Phi) is 10.6. The first-order valence-corrected chi connectivity index (χ1v) is 12.9. The summed E-state index contributed by atoms with van der Waals surface area (Å²) in [5.74, 6) is -1.51. The van der Waals surface area contributed by atoms with Crippen LogP contribution in [0, 0.1) is 0 Å². The molecular formula is C29H29ClF3NO7. The summed E-state index contributed by atoms with van der Waals surface area (Å²) < 4.78 is 55.8. The SMILES string of the molecule is COc1cn(C(CCOC(C)C)C(=O)Cc2ccc(C(=O)O)cc2)c(=O)cc1-c1cc(Cl)ccc1OCC(F)(F)F. The van der Waals surface area contributed by atoms with E-state index in [4.69, 9.17) is 30.9 Å². The molecule has 0 aliphatic heterocycles. The lowest BCUT2D eigenvalue weighted by Crippen LogP contribution is -2.31. The van der Waals surface area contributed by atoms with Crippen LogP contribution >= 0.6 is 11.6 Å². The maximum absolute atomic E-state index is 13.5. The average molecular weight is 596 g/mol. The summed E-state index contributed by atoms with van der Waals surface area (Å²) in [6.45, 7) is 2.26. The predicted molar refractivity (Wildman–Crippen MR) is 146 cm³/mol. The van der Waals surface area contributed by atoms with E-state index in [9.17, 15) is 27.6 Å². The van der Waals surface area contributed by atoms with Crippen molar-refractivity contribution in [1.29, 1.82) is 0 Å². The second-order valence-electron chi connectivity index (χ2n) is 9.41. The van der Waals surface area contributed by atoms with Gasteiger partial charge in [0.2, 0.25) is 0 Å². The summed E-state index contributed by atoms with van der Waals surface area (Å²) in [6, 6.07) is 9.96. The second-order valence-corrected chi connectivity index (χ2v) is 9.85. The molecule has 0 bridgehead atoms. The van der Waals surface area contributed by atoms with Gasteiger partial charge in [0.25, 0.3) is 5.56 Å². The molecule has 2 aromatic carbocycles. The van der Waals surface area contributed by atoms with Crippen LogP contribution in [0.1, 0.15) is 42.2 Å². The van der Waals surface area contributed by atoms with Crippen LogP contribution in [-0.4, -0.2) is 54.0 Å². The number of pyridine rings is 1. The van der Waals surface area contributed by atoms with Crippen molar-refractivity contribution in [2.45, 2.75) is 45.0 Å². The third-order valence-electron chi connectivity index (χ3n) is 6.02. The summed E-state index contributed by atoms with van der Waals surface area (Å²) in [5, 5.41) is 9.32. The van der Waals surface area contributed by atoms with E-state index in [1.807, 2.05) is 13.8 Å². The molecular weight excluding hydrogens is 567 g/mol. The number of alkyl halides is 3. The number of carbonyl (C=O) groups excluding carboxylic acids is 1. The Balaban J connectivity index is 2.02. The van der Waals surface area contributed by atoms with Crippen molar-refractivity contribution >= 4 is 23.4 Å². The van der Waals surface area contributed by atoms with Gasteiger partial charge in [-0.1, -0.05) is 23.7 Å². The number of Topliss-reactive ketones (excluding diaryl/α,β-unsaturated/α-hetero) is 1. The van der Waals surface area contributed by atoms with E-state index < -0.39 is 30.4 Å². The van der Waals surface area contributed by atoms with Gasteiger partial charge in [-0.2, -0.15) is 13.2 Å². The minimum absolute atomic E-state index is 0.0687. The number of ether oxygens (including phenoxy) is 3. The highest BCUT2D eigenvalue weighted by molar-refractivity contribution is 6.31. The Labute approximate surface area is 239 Å². The number of methoxy groups -OCH3 is 1. The van der Waals surface area contributed by atoms with Gasteiger partial charge in [-0.25, -0.2) is 4.79 Å². The molecule has 0 spiro atoms. The maximum atomic E-state index is 13.5. The number of halogens is 4. The molecule has 3 aromatic rings. The largest absolute Gasteiger partial charge is 0.495 e. The van der Waals surface area contributed by atoms with Crippen LogP contribution in [0.2, 0.25) is 5.02 Å². The second kappa shape index (κ2) is 13.7. The average Bonchev–Trinajstić information content (AvgIpc) is 2.90. The molecule has 0 radical (unpaired) electrons. The first-order valence-electron chi connectivity index (χ1n) is 12.5. The fourth-order valence-electron chi connectivity index (χ4n) is 4.10. The van der Waals surface area contributed by atoms with Crippen molar-refractivity contribution in [2.75, 3.05) is 20.3 Å². The Morgan fingerprint density at radius 2 is 1.68 bits per heavy atom. The quantitative estimate of drug-likeness (QED) is 0.259. The van der Waals surface area contributed by atoms with Crippen molar-refractivity contribution in [3.63, 3.8) is 0 Å². The smallest absolute Gasteiger partial charge is 0.422 e. The van der Waals surface area contributed by atoms with Crippen LogP contribution in [0.4, 0.5) is 13.2 Å². The summed E-state index contributed by atoms with van der Waals surface area (Å²) in [4.78, 5) is 38.0. The molecule has 0 saturated carbocycles. The number of carboxylic acid groups (broad SMARTS) is 1. The lowest BCUT2D eigenvalue weighted by atomic mass is 9.99. The van der Waals surface area contributed by atoms with Crippen LogP contribution in [0.3, 0.4) is 0 Å². The van der Waals surface area contributed by atoms with Gasteiger partial charge in [-0.05, 0) is 56.2 Å². The van der Waals surface area contributed by atoms with Crippen LogP contribution in [0.25, 0.3) is 11.1 Å². The normalized spacial score (nSPS) is 12.3. The number of aromatic nitrogens is 1. The molecule has 0 saturated heterocycles. The lowest BCUT2D eigenvalue weighted by Gasteiger charge is -2.22. The van der Waals surface area contributed by atoms with Gasteiger partial charge in [-0.15, -0.1) is 0 Å². The summed E-state index contributed by atoms with van der Waals surface area (Å²) >= 11 is 6.11. The van der Waals surface area contributed by atoms with Gasteiger partial charge in [-0.3, -0.25) is 9.59 Å². The zero-order chi connectivity index (χ0) is 30.3. The number of carboxylic acids is 1. The highest BCUT2D eigenvalue weighted by atomic mass is 35.5. The number of benzene rings is 2. The molecule has 3 rings (SSSR count). The fourth-order valence-corrected chi connectivity index (χ4v) is 4.27. The molecule has 8 nitrogen and oxygen atoms in total. The van der Waals surface area contributed by atoms with Crippen molar-refractivity contribution in [2.24, 2.45) is 0 Å². The summed E-state index contributed by atoms with van der Waals surface area (Å²) in [7, 11) is 1.32. The molecule has 0 fully saturated rings. The minimum atomic E-state index is -4.59. The van der Waals surface area contributed by atoms with Crippen molar-refractivity contribution < 1.29 is 42.1 Å². The third kappa shape index (κ3) is 8.83. The van der Waals surface area contributed by atoms with Crippen molar-refractivity contribution in [3.8, 4) is 22.6 Å². The third-order valence-corrected chi connectivity index (χ3v) is 6.25. The number of carbonyl (C=O) groups is 2. The molecule has 1 heterocycles. The number of hydrogen-bond donors (Lipinski definition) is 1. The zero-order valence-electron chi connectivity index (χ0n) is 22.5. The Morgan fingerprint density at radius 1 is 1.02 bits per heavy atom. The Morgan fingerprint density at radius 3 is 2.27 bits per heavy atom. The molecule has 0 aliphatic carbocycles. The summed E-state index contributed by atoms with van der Waals surface area (Å²) in [6.07, 6.45) is -3.35. The van der Waals surface area contributed by atoms with E-state index in [-0.39, 0.29) is 64.5 Å². The van der Waals surface area contributed by atoms with E-state index in [1.54, 1.807) is 0 Å². The highest BCUT2D eigenvalue weighted by Gasteiger charge is 2.30. The monoisotopic (exact) mass is 595 g/mol. The van der Waals surface area contributed by atoms with Crippen LogP contribution in [0.15, 0.2) is 59.5 Å². The Hall–Kier alpha value is -3.83.